The second-order valence-electron chi connectivity index (χ2n) is 4.23. The molecule has 2 rings (SSSR count). The third-order valence-corrected chi connectivity index (χ3v) is 4.01. The van der Waals surface area contributed by atoms with Crippen molar-refractivity contribution in [1.29, 1.82) is 0 Å². The molecule has 0 aliphatic carbocycles. The maximum Gasteiger partial charge on any atom is 0.0883 e. The molecule has 0 amide bonds. The Morgan fingerprint density at radius 2 is 1.67 bits per heavy atom. The monoisotopic (exact) mass is 258 g/mol. The lowest BCUT2D eigenvalue weighted by molar-refractivity contribution is 0.204. The molecule has 18 heavy (non-hydrogen) atoms. The lowest BCUT2D eigenvalue weighted by Crippen LogP contribution is -2.00. The highest BCUT2D eigenvalue weighted by molar-refractivity contribution is 7.99. The smallest absolute Gasteiger partial charge is 0.0883 e. The summed E-state index contributed by atoms with van der Waals surface area (Å²) in [7, 11) is 0. The minimum atomic E-state index is -0.402. The van der Waals surface area contributed by atoms with Gasteiger partial charge in [-0.2, -0.15) is 0 Å². The van der Waals surface area contributed by atoms with Crippen molar-refractivity contribution in [1.82, 2.24) is 0 Å². The van der Waals surface area contributed by atoms with Gasteiger partial charge in [-0.05, 0) is 29.7 Å². The largest absolute Gasteiger partial charge is 0.388 e. The molecule has 0 bridgehead atoms. The highest BCUT2D eigenvalue weighted by atomic mass is 32.2. The fourth-order valence-corrected chi connectivity index (χ4v) is 2.66. The molecule has 2 heteroatoms. The molecular formula is C16H18OS. The van der Waals surface area contributed by atoms with Gasteiger partial charge in [0.15, 0.2) is 0 Å². The standard InChI is InChI=1S/C16H18OS/c1-2-13-8-10-14(11-9-13)16(17)12-18-15-6-4-3-5-7-15/h3-11,16-17H,2,12H2,1H3. The first-order chi connectivity index (χ1) is 8.79. The van der Waals surface area contributed by atoms with Crippen LogP contribution in [0.25, 0.3) is 0 Å². The van der Waals surface area contributed by atoms with E-state index in [2.05, 4.69) is 31.2 Å². The minimum Gasteiger partial charge on any atom is -0.388 e. The number of aliphatic hydroxyl groups is 1. The van der Waals surface area contributed by atoms with Crippen LogP contribution in [0.2, 0.25) is 0 Å². The molecule has 1 atom stereocenters. The zero-order valence-electron chi connectivity index (χ0n) is 10.5. The summed E-state index contributed by atoms with van der Waals surface area (Å²) in [6.45, 7) is 2.14. The zero-order valence-corrected chi connectivity index (χ0v) is 11.4. The third kappa shape index (κ3) is 3.62. The summed E-state index contributed by atoms with van der Waals surface area (Å²) in [5.74, 6) is 0.690. The average molecular weight is 258 g/mol. The van der Waals surface area contributed by atoms with Crippen LogP contribution in [-0.4, -0.2) is 10.9 Å². The second-order valence-corrected chi connectivity index (χ2v) is 5.33. The van der Waals surface area contributed by atoms with E-state index in [1.54, 1.807) is 11.8 Å². The Morgan fingerprint density at radius 3 is 2.28 bits per heavy atom. The number of rotatable bonds is 5. The predicted octanol–water partition coefficient (Wildman–Crippen LogP) is 4.07. The number of hydrogen-bond acceptors (Lipinski definition) is 2. The molecule has 1 N–H and O–H groups in total. The Morgan fingerprint density at radius 1 is 1.00 bits per heavy atom. The first kappa shape index (κ1) is 13.2. The topological polar surface area (TPSA) is 20.2 Å². The molecule has 2 aromatic rings. The molecule has 0 aromatic heterocycles. The molecule has 0 aliphatic heterocycles. The minimum absolute atomic E-state index is 0.402. The van der Waals surface area contributed by atoms with Gasteiger partial charge in [-0.1, -0.05) is 49.4 Å². The van der Waals surface area contributed by atoms with E-state index < -0.39 is 6.10 Å². The van der Waals surface area contributed by atoms with Crippen molar-refractivity contribution in [3.05, 3.63) is 65.7 Å². The lowest BCUT2D eigenvalue weighted by atomic mass is 10.1. The summed E-state index contributed by atoms with van der Waals surface area (Å²) in [6.07, 6.45) is 0.635. The van der Waals surface area contributed by atoms with Gasteiger partial charge in [0, 0.05) is 10.6 Å². The van der Waals surface area contributed by atoms with Crippen molar-refractivity contribution in [2.75, 3.05) is 5.75 Å². The molecule has 1 nitrogen and oxygen atoms in total. The zero-order chi connectivity index (χ0) is 12.8. The quantitative estimate of drug-likeness (QED) is 0.816. The summed E-state index contributed by atoms with van der Waals surface area (Å²) in [5.41, 5.74) is 2.30. The fraction of sp³-hybridized carbons (Fsp3) is 0.250. The summed E-state index contributed by atoms with van der Waals surface area (Å²) < 4.78 is 0. The SMILES string of the molecule is CCc1ccc(C(O)CSc2ccccc2)cc1. The first-order valence-corrected chi connectivity index (χ1v) is 7.23. The van der Waals surface area contributed by atoms with Gasteiger partial charge in [-0.15, -0.1) is 11.8 Å². The average Bonchev–Trinajstić information content (AvgIpc) is 2.46. The van der Waals surface area contributed by atoms with E-state index in [1.165, 1.54) is 10.5 Å². The molecule has 0 saturated carbocycles. The van der Waals surface area contributed by atoms with E-state index in [0.29, 0.717) is 5.75 Å². The Bertz CT molecular complexity index is 464. The van der Waals surface area contributed by atoms with Crippen LogP contribution in [-0.2, 0) is 6.42 Å². The van der Waals surface area contributed by atoms with Crippen LogP contribution in [0, 0.1) is 0 Å². The van der Waals surface area contributed by atoms with Crippen molar-refractivity contribution in [3.63, 3.8) is 0 Å². The van der Waals surface area contributed by atoms with Crippen LogP contribution < -0.4 is 0 Å². The van der Waals surface area contributed by atoms with E-state index in [-0.39, 0.29) is 0 Å². The maximum absolute atomic E-state index is 10.1. The predicted molar refractivity (Wildman–Crippen MR) is 77.9 cm³/mol. The summed E-state index contributed by atoms with van der Waals surface area (Å²) in [6, 6.07) is 18.4. The van der Waals surface area contributed by atoms with Crippen molar-refractivity contribution in [2.45, 2.75) is 24.3 Å². The number of benzene rings is 2. The molecule has 0 fully saturated rings. The number of thioether (sulfide) groups is 1. The van der Waals surface area contributed by atoms with Crippen LogP contribution in [0.1, 0.15) is 24.2 Å². The van der Waals surface area contributed by atoms with E-state index in [9.17, 15) is 5.11 Å². The van der Waals surface area contributed by atoms with Crippen LogP contribution in [0.5, 0.6) is 0 Å². The molecular weight excluding hydrogens is 240 g/mol. The molecule has 0 spiro atoms. The third-order valence-electron chi connectivity index (χ3n) is 2.92. The van der Waals surface area contributed by atoms with Gasteiger partial charge < -0.3 is 5.11 Å². The number of aliphatic hydroxyl groups excluding tert-OH is 1. The Labute approximate surface area is 113 Å². The summed E-state index contributed by atoms with van der Waals surface area (Å²) in [5, 5.41) is 10.1. The lowest BCUT2D eigenvalue weighted by Gasteiger charge is -2.11. The highest BCUT2D eigenvalue weighted by Crippen LogP contribution is 2.24. The first-order valence-electron chi connectivity index (χ1n) is 6.24. The van der Waals surface area contributed by atoms with Crippen LogP contribution in [0.4, 0.5) is 0 Å². The molecule has 0 heterocycles. The van der Waals surface area contributed by atoms with Gasteiger partial charge in [0.2, 0.25) is 0 Å². The molecule has 1 unspecified atom stereocenters. The van der Waals surface area contributed by atoms with Gasteiger partial charge in [-0.25, -0.2) is 0 Å². The van der Waals surface area contributed by atoms with Crippen LogP contribution >= 0.6 is 11.8 Å². The Kier molecular flexibility index (Phi) is 4.85. The Balaban J connectivity index is 1.93. The Hall–Kier alpha value is -1.25. The molecule has 94 valence electrons. The number of hydrogen-bond donors (Lipinski definition) is 1. The van der Waals surface area contributed by atoms with Crippen molar-refractivity contribution in [2.24, 2.45) is 0 Å². The van der Waals surface area contributed by atoms with Gasteiger partial charge in [-0.3, -0.25) is 0 Å². The van der Waals surface area contributed by atoms with Gasteiger partial charge >= 0.3 is 0 Å². The van der Waals surface area contributed by atoms with E-state index in [4.69, 9.17) is 0 Å². The van der Waals surface area contributed by atoms with Crippen molar-refractivity contribution >= 4 is 11.8 Å². The van der Waals surface area contributed by atoms with E-state index >= 15 is 0 Å². The fourth-order valence-electron chi connectivity index (χ4n) is 1.76. The van der Waals surface area contributed by atoms with Crippen LogP contribution in [0.15, 0.2) is 59.5 Å². The van der Waals surface area contributed by atoms with Crippen molar-refractivity contribution in [3.8, 4) is 0 Å². The van der Waals surface area contributed by atoms with E-state index in [0.717, 1.165) is 12.0 Å². The normalized spacial score (nSPS) is 12.3. The van der Waals surface area contributed by atoms with Gasteiger partial charge in [0.05, 0.1) is 6.10 Å². The second kappa shape index (κ2) is 6.62. The summed E-state index contributed by atoms with van der Waals surface area (Å²) in [4.78, 5) is 1.20. The molecule has 0 radical (unpaired) electrons. The number of aryl methyl sites for hydroxylation is 1. The van der Waals surface area contributed by atoms with Gasteiger partial charge in [0.1, 0.15) is 0 Å². The van der Waals surface area contributed by atoms with E-state index in [1.807, 2.05) is 30.3 Å². The van der Waals surface area contributed by atoms with Gasteiger partial charge in [0.25, 0.3) is 0 Å². The van der Waals surface area contributed by atoms with Crippen molar-refractivity contribution < 1.29 is 5.11 Å². The highest BCUT2D eigenvalue weighted by Gasteiger charge is 2.07. The molecule has 0 aliphatic rings. The van der Waals surface area contributed by atoms with Crippen LogP contribution in [0.3, 0.4) is 0 Å². The maximum atomic E-state index is 10.1. The molecule has 0 saturated heterocycles. The molecule has 2 aromatic carbocycles. The summed E-state index contributed by atoms with van der Waals surface area (Å²) >= 11 is 1.68.